The van der Waals surface area contributed by atoms with Gasteiger partial charge in [-0.15, -0.1) is 0 Å². The Morgan fingerprint density at radius 2 is 1.86 bits per heavy atom. The van der Waals surface area contributed by atoms with E-state index >= 15 is 0 Å². The van der Waals surface area contributed by atoms with Gasteiger partial charge < -0.3 is 10.6 Å². The molecule has 0 heterocycles. The van der Waals surface area contributed by atoms with E-state index in [0.29, 0.717) is 22.8 Å². The van der Waals surface area contributed by atoms with E-state index < -0.39 is 0 Å². The molecular weight excluding hydrogens is 298 g/mol. The Balaban J connectivity index is 1.74. The molecule has 2 rings (SSSR count). The van der Waals surface area contributed by atoms with Gasteiger partial charge in [-0.1, -0.05) is 35.9 Å². The Hall–Kier alpha value is -2.35. The van der Waals surface area contributed by atoms with Crippen molar-refractivity contribution in [3.05, 3.63) is 64.7 Å². The fraction of sp³-hybridized carbons (Fsp3) is 0.176. The van der Waals surface area contributed by atoms with Crippen LogP contribution < -0.4 is 10.6 Å². The van der Waals surface area contributed by atoms with Gasteiger partial charge in [-0.2, -0.15) is 5.26 Å². The van der Waals surface area contributed by atoms with E-state index in [1.54, 1.807) is 24.3 Å². The number of rotatable bonds is 6. The van der Waals surface area contributed by atoms with Crippen LogP contribution in [-0.2, 0) is 11.2 Å². The first-order valence-electron chi connectivity index (χ1n) is 6.93. The first-order chi connectivity index (χ1) is 10.7. The number of hydrogen-bond acceptors (Lipinski definition) is 3. The molecule has 4 nitrogen and oxygen atoms in total. The minimum Gasteiger partial charge on any atom is -0.324 e. The van der Waals surface area contributed by atoms with Crippen molar-refractivity contribution in [2.45, 2.75) is 6.42 Å². The Morgan fingerprint density at radius 1 is 1.14 bits per heavy atom. The molecule has 0 saturated heterocycles. The second-order valence-corrected chi connectivity index (χ2v) is 5.20. The number of carbonyl (C=O) groups excluding carboxylic acids is 1. The fourth-order valence-electron chi connectivity index (χ4n) is 1.97. The quantitative estimate of drug-likeness (QED) is 0.806. The SMILES string of the molecule is N#Cc1ccccc1NC(=O)CNCCc1ccc(Cl)cc1. The molecule has 0 aliphatic heterocycles. The minimum atomic E-state index is -0.168. The Morgan fingerprint density at radius 3 is 2.59 bits per heavy atom. The molecule has 0 fully saturated rings. The number of nitrogens with one attached hydrogen (secondary N) is 2. The second-order valence-electron chi connectivity index (χ2n) is 4.76. The van der Waals surface area contributed by atoms with Crippen LogP contribution in [0.15, 0.2) is 48.5 Å². The van der Waals surface area contributed by atoms with E-state index in [1.165, 1.54) is 0 Å². The average molecular weight is 314 g/mol. The number of hydrogen-bond donors (Lipinski definition) is 2. The molecule has 2 aromatic rings. The zero-order valence-corrected chi connectivity index (χ0v) is 12.7. The smallest absolute Gasteiger partial charge is 0.238 e. The molecule has 1 amide bonds. The lowest BCUT2D eigenvalue weighted by molar-refractivity contribution is -0.115. The molecule has 0 aromatic heterocycles. The Bertz CT molecular complexity index is 677. The number of nitriles is 1. The van der Waals surface area contributed by atoms with Crippen LogP contribution in [-0.4, -0.2) is 19.0 Å². The number of carbonyl (C=O) groups is 1. The standard InChI is InChI=1S/C17H16ClN3O/c18-15-7-5-13(6-8-15)9-10-20-12-17(22)21-16-4-2-1-3-14(16)11-19/h1-8,20H,9-10,12H2,(H,21,22). The summed E-state index contributed by atoms with van der Waals surface area (Å²) in [6.45, 7) is 0.891. The third-order valence-corrected chi connectivity index (χ3v) is 3.36. The molecule has 0 unspecified atom stereocenters. The van der Waals surface area contributed by atoms with E-state index in [1.807, 2.05) is 30.3 Å². The number of anilines is 1. The number of amides is 1. The lowest BCUT2D eigenvalue weighted by Gasteiger charge is -2.08. The predicted octanol–water partition coefficient (Wildman–Crippen LogP) is 2.98. The highest BCUT2D eigenvalue weighted by atomic mass is 35.5. The van der Waals surface area contributed by atoms with Gasteiger partial charge in [0.2, 0.25) is 5.91 Å². The molecule has 0 spiro atoms. The van der Waals surface area contributed by atoms with Crippen molar-refractivity contribution in [1.29, 1.82) is 5.26 Å². The van der Waals surface area contributed by atoms with Crippen molar-refractivity contribution in [2.24, 2.45) is 0 Å². The lowest BCUT2D eigenvalue weighted by atomic mass is 10.1. The average Bonchev–Trinajstić information content (AvgIpc) is 2.54. The molecular formula is C17H16ClN3O. The summed E-state index contributed by atoms with van der Waals surface area (Å²) in [4.78, 5) is 11.8. The third kappa shape index (κ3) is 4.88. The van der Waals surface area contributed by atoms with Crippen LogP contribution in [0.3, 0.4) is 0 Å². The van der Waals surface area contributed by atoms with Crippen LogP contribution in [0.4, 0.5) is 5.69 Å². The van der Waals surface area contributed by atoms with Crippen molar-refractivity contribution >= 4 is 23.2 Å². The van der Waals surface area contributed by atoms with Gasteiger partial charge in [0.15, 0.2) is 0 Å². The highest BCUT2D eigenvalue weighted by Crippen LogP contribution is 2.13. The highest BCUT2D eigenvalue weighted by molar-refractivity contribution is 6.30. The van der Waals surface area contributed by atoms with E-state index in [2.05, 4.69) is 10.6 Å². The van der Waals surface area contributed by atoms with Gasteiger partial charge in [-0.3, -0.25) is 4.79 Å². The Labute approximate surface area is 134 Å². The summed E-state index contributed by atoms with van der Waals surface area (Å²) in [6, 6.07) is 16.6. The summed E-state index contributed by atoms with van der Waals surface area (Å²) < 4.78 is 0. The van der Waals surface area contributed by atoms with Gasteiger partial charge in [0, 0.05) is 5.02 Å². The van der Waals surface area contributed by atoms with Crippen LogP contribution in [0.5, 0.6) is 0 Å². The number of halogens is 1. The van der Waals surface area contributed by atoms with Crippen LogP contribution in [0, 0.1) is 11.3 Å². The van der Waals surface area contributed by atoms with Gasteiger partial charge in [-0.25, -0.2) is 0 Å². The maximum atomic E-state index is 11.8. The largest absolute Gasteiger partial charge is 0.324 e. The van der Waals surface area contributed by atoms with Crippen LogP contribution in [0.2, 0.25) is 5.02 Å². The van der Waals surface area contributed by atoms with Crippen molar-refractivity contribution in [3.8, 4) is 6.07 Å². The van der Waals surface area contributed by atoms with Crippen LogP contribution in [0.25, 0.3) is 0 Å². The third-order valence-electron chi connectivity index (χ3n) is 3.11. The predicted molar refractivity (Wildman–Crippen MR) is 87.8 cm³/mol. The number of para-hydroxylation sites is 1. The van der Waals surface area contributed by atoms with Crippen molar-refractivity contribution in [1.82, 2.24) is 5.32 Å². The molecule has 0 atom stereocenters. The molecule has 0 bridgehead atoms. The summed E-state index contributed by atoms with van der Waals surface area (Å²) in [5, 5.41) is 15.5. The zero-order chi connectivity index (χ0) is 15.8. The maximum Gasteiger partial charge on any atom is 0.238 e. The summed E-state index contributed by atoms with van der Waals surface area (Å²) in [7, 11) is 0. The highest BCUT2D eigenvalue weighted by Gasteiger charge is 2.05. The van der Waals surface area contributed by atoms with E-state index in [0.717, 1.165) is 12.0 Å². The zero-order valence-electron chi connectivity index (χ0n) is 12.0. The van der Waals surface area contributed by atoms with Crippen molar-refractivity contribution in [3.63, 3.8) is 0 Å². The van der Waals surface area contributed by atoms with Crippen LogP contribution >= 0.6 is 11.6 Å². The van der Waals surface area contributed by atoms with Gasteiger partial charge in [0.25, 0.3) is 0 Å². The molecule has 0 saturated carbocycles. The summed E-state index contributed by atoms with van der Waals surface area (Å²) in [5.74, 6) is -0.168. The van der Waals surface area contributed by atoms with E-state index in [4.69, 9.17) is 16.9 Å². The maximum absolute atomic E-state index is 11.8. The van der Waals surface area contributed by atoms with Gasteiger partial charge >= 0.3 is 0 Å². The van der Waals surface area contributed by atoms with Gasteiger partial charge in [-0.05, 0) is 42.8 Å². The molecule has 0 aliphatic rings. The molecule has 2 N–H and O–H groups in total. The summed E-state index contributed by atoms with van der Waals surface area (Å²) >= 11 is 5.82. The van der Waals surface area contributed by atoms with Gasteiger partial charge in [0.1, 0.15) is 6.07 Å². The number of nitrogens with zero attached hydrogens (tertiary/aromatic N) is 1. The molecule has 2 aromatic carbocycles. The van der Waals surface area contributed by atoms with Gasteiger partial charge in [0.05, 0.1) is 17.8 Å². The summed E-state index contributed by atoms with van der Waals surface area (Å²) in [5.41, 5.74) is 2.15. The molecule has 22 heavy (non-hydrogen) atoms. The summed E-state index contributed by atoms with van der Waals surface area (Å²) in [6.07, 6.45) is 0.819. The van der Waals surface area contributed by atoms with Crippen molar-refractivity contribution in [2.75, 3.05) is 18.4 Å². The van der Waals surface area contributed by atoms with Crippen LogP contribution in [0.1, 0.15) is 11.1 Å². The first kappa shape index (κ1) is 16.0. The van der Waals surface area contributed by atoms with Crippen molar-refractivity contribution < 1.29 is 4.79 Å². The lowest BCUT2D eigenvalue weighted by Crippen LogP contribution is -2.29. The topological polar surface area (TPSA) is 64.9 Å². The molecule has 0 radical (unpaired) electrons. The first-order valence-corrected chi connectivity index (χ1v) is 7.31. The number of benzene rings is 2. The van der Waals surface area contributed by atoms with E-state index in [9.17, 15) is 4.79 Å². The van der Waals surface area contributed by atoms with E-state index in [-0.39, 0.29) is 12.5 Å². The normalized spacial score (nSPS) is 10.0. The monoisotopic (exact) mass is 313 g/mol. The Kier molecular flexibility index (Phi) is 5.96. The molecule has 112 valence electrons. The molecule has 0 aliphatic carbocycles. The fourth-order valence-corrected chi connectivity index (χ4v) is 2.10. The second kappa shape index (κ2) is 8.18. The molecule has 5 heteroatoms. The minimum absolute atomic E-state index is 0.168.